The van der Waals surface area contributed by atoms with E-state index in [0.717, 1.165) is 12.2 Å². The van der Waals surface area contributed by atoms with Gasteiger partial charge >= 0.3 is 0 Å². The molecule has 16 heavy (non-hydrogen) atoms. The molecule has 0 aliphatic rings. The molecule has 0 amide bonds. The van der Waals surface area contributed by atoms with Gasteiger partial charge in [-0.25, -0.2) is 0 Å². The van der Waals surface area contributed by atoms with E-state index in [-0.39, 0.29) is 0 Å². The van der Waals surface area contributed by atoms with E-state index in [9.17, 15) is 5.11 Å². The van der Waals surface area contributed by atoms with Crippen molar-refractivity contribution in [1.82, 2.24) is 0 Å². The maximum atomic E-state index is 9.60. The second kappa shape index (κ2) is 8.28. The van der Waals surface area contributed by atoms with Gasteiger partial charge in [-0.2, -0.15) is 0 Å². The van der Waals surface area contributed by atoms with Gasteiger partial charge in [-0.15, -0.1) is 0 Å². The van der Waals surface area contributed by atoms with Crippen molar-refractivity contribution in [3.63, 3.8) is 0 Å². The first-order valence-corrected chi connectivity index (χ1v) is 5.66. The minimum Gasteiger partial charge on any atom is -0.507 e. The Kier molecular flexibility index (Phi) is 7.82. The predicted molar refractivity (Wildman–Crippen MR) is 68.8 cm³/mol. The summed E-state index contributed by atoms with van der Waals surface area (Å²) < 4.78 is 10.5. The smallest absolute Gasteiger partial charge is 0.184 e. The van der Waals surface area contributed by atoms with Crippen LogP contribution in [-0.4, -0.2) is 32.3 Å². The molecule has 0 aliphatic heterocycles. The molecule has 0 aromatic carbocycles. The summed E-state index contributed by atoms with van der Waals surface area (Å²) in [5, 5.41) is 9.60. The second-order valence-corrected chi connectivity index (χ2v) is 4.36. The molecule has 1 N–H and O–H groups in total. The zero-order valence-electron chi connectivity index (χ0n) is 10.7. The Morgan fingerprint density at radius 1 is 1.25 bits per heavy atom. The number of hydrogen-bond acceptors (Lipinski definition) is 3. The van der Waals surface area contributed by atoms with Crippen LogP contribution in [0.5, 0.6) is 0 Å². The van der Waals surface area contributed by atoms with Gasteiger partial charge in [0.2, 0.25) is 0 Å². The average molecular weight is 226 g/mol. The quantitative estimate of drug-likeness (QED) is 0.477. The normalized spacial score (nSPS) is 13.9. The SMILES string of the molecule is BC(=C)OCC(O)CCC(C)COC(=C)C. The molecule has 0 heterocycles. The number of allylic oxidation sites excluding steroid dienone is 1. The average Bonchev–Trinajstić information content (AvgIpc) is 2.20. The Hall–Kier alpha value is -0.895. The van der Waals surface area contributed by atoms with E-state index in [1.54, 1.807) is 7.85 Å². The Bertz CT molecular complexity index is 204. The van der Waals surface area contributed by atoms with Crippen molar-refractivity contribution in [2.24, 2.45) is 5.92 Å². The van der Waals surface area contributed by atoms with Crippen molar-refractivity contribution >= 4 is 7.85 Å². The maximum Gasteiger partial charge on any atom is 0.184 e. The third-order valence-corrected chi connectivity index (χ3v) is 2.13. The zero-order valence-corrected chi connectivity index (χ0v) is 10.7. The lowest BCUT2D eigenvalue weighted by Gasteiger charge is -2.16. The summed E-state index contributed by atoms with van der Waals surface area (Å²) in [6.45, 7) is 12.2. The standard InChI is InChI=1S/C12H23BO3/c1-9(2)15-7-10(3)5-6-12(14)8-16-11(4)13/h10,12,14H,1,4-8,13H2,2-3H3. The van der Waals surface area contributed by atoms with Crippen molar-refractivity contribution in [3.05, 3.63) is 24.6 Å². The van der Waals surface area contributed by atoms with Gasteiger partial charge < -0.3 is 14.6 Å². The second-order valence-electron chi connectivity index (χ2n) is 4.36. The van der Waals surface area contributed by atoms with Crippen LogP contribution < -0.4 is 0 Å². The molecule has 0 spiro atoms. The summed E-state index contributed by atoms with van der Waals surface area (Å²) >= 11 is 0. The largest absolute Gasteiger partial charge is 0.507 e. The number of aliphatic hydroxyl groups excluding tert-OH is 1. The summed E-state index contributed by atoms with van der Waals surface area (Å²) in [7, 11) is 1.77. The van der Waals surface area contributed by atoms with E-state index < -0.39 is 6.10 Å². The summed E-state index contributed by atoms with van der Waals surface area (Å²) in [5.41, 5.74) is 0.637. The molecule has 0 saturated heterocycles. The van der Waals surface area contributed by atoms with Gasteiger partial charge in [0.1, 0.15) is 6.61 Å². The summed E-state index contributed by atoms with van der Waals surface area (Å²) in [6, 6.07) is 0. The van der Waals surface area contributed by atoms with Gasteiger partial charge in [0.15, 0.2) is 7.85 Å². The number of hydrogen-bond donors (Lipinski definition) is 1. The van der Waals surface area contributed by atoms with Crippen LogP contribution in [0.15, 0.2) is 24.6 Å². The Morgan fingerprint density at radius 3 is 2.38 bits per heavy atom. The molecular formula is C12H23BO3. The van der Waals surface area contributed by atoms with Crippen LogP contribution in [0.25, 0.3) is 0 Å². The Balaban J connectivity index is 3.54. The summed E-state index contributed by atoms with van der Waals surface area (Å²) in [4.78, 5) is 0. The number of aliphatic hydroxyl groups is 1. The van der Waals surface area contributed by atoms with Crippen molar-refractivity contribution < 1.29 is 14.6 Å². The van der Waals surface area contributed by atoms with Crippen LogP contribution in [0.2, 0.25) is 0 Å². The minimum absolute atomic E-state index is 0.323. The predicted octanol–water partition coefficient (Wildman–Crippen LogP) is 1.43. The summed E-state index contributed by atoms with van der Waals surface area (Å²) in [5.74, 6) is 1.15. The maximum absolute atomic E-state index is 9.60. The Morgan fingerprint density at radius 2 is 1.88 bits per heavy atom. The third kappa shape index (κ3) is 9.65. The molecule has 2 unspecified atom stereocenters. The van der Waals surface area contributed by atoms with Crippen LogP contribution in [-0.2, 0) is 9.47 Å². The van der Waals surface area contributed by atoms with E-state index in [1.165, 1.54) is 0 Å². The fraction of sp³-hybridized carbons (Fsp3) is 0.667. The summed E-state index contributed by atoms with van der Waals surface area (Å²) in [6.07, 6.45) is 1.20. The highest BCUT2D eigenvalue weighted by Crippen LogP contribution is 2.10. The first-order valence-electron chi connectivity index (χ1n) is 5.66. The van der Waals surface area contributed by atoms with Crippen molar-refractivity contribution in [2.75, 3.05) is 13.2 Å². The molecule has 0 bridgehead atoms. The van der Waals surface area contributed by atoms with E-state index in [0.29, 0.717) is 31.2 Å². The molecule has 4 heteroatoms. The highest BCUT2D eigenvalue weighted by atomic mass is 16.5. The molecule has 0 fully saturated rings. The van der Waals surface area contributed by atoms with Crippen LogP contribution in [0.3, 0.4) is 0 Å². The molecule has 3 nitrogen and oxygen atoms in total. The third-order valence-electron chi connectivity index (χ3n) is 2.13. The van der Waals surface area contributed by atoms with E-state index >= 15 is 0 Å². The fourth-order valence-electron chi connectivity index (χ4n) is 1.17. The van der Waals surface area contributed by atoms with Crippen molar-refractivity contribution in [3.8, 4) is 0 Å². The molecule has 0 aliphatic carbocycles. The molecule has 92 valence electrons. The minimum atomic E-state index is -0.427. The monoisotopic (exact) mass is 226 g/mol. The van der Waals surface area contributed by atoms with E-state index in [4.69, 9.17) is 9.47 Å². The van der Waals surface area contributed by atoms with Gasteiger partial charge in [0, 0.05) is 5.66 Å². The first kappa shape index (κ1) is 15.1. The molecule has 0 radical (unpaired) electrons. The van der Waals surface area contributed by atoms with Gasteiger partial charge in [0.25, 0.3) is 0 Å². The van der Waals surface area contributed by atoms with Crippen LogP contribution >= 0.6 is 0 Å². The van der Waals surface area contributed by atoms with E-state index in [1.807, 2.05) is 6.92 Å². The van der Waals surface area contributed by atoms with Crippen molar-refractivity contribution in [1.29, 1.82) is 0 Å². The Labute approximate surface area is 99.5 Å². The van der Waals surface area contributed by atoms with Gasteiger partial charge in [-0.3, -0.25) is 0 Å². The van der Waals surface area contributed by atoms with Gasteiger partial charge in [0.05, 0.1) is 18.5 Å². The van der Waals surface area contributed by atoms with Crippen LogP contribution in [0.1, 0.15) is 26.7 Å². The van der Waals surface area contributed by atoms with Crippen molar-refractivity contribution in [2.45, 2.75) is 32.8 Å². The molecule has 0 aromatic heterocycles. The van der Waals surface area contributed by atoms with Gasteiger partial charge in [-0.05, 0) is 25.7 Å². The van der Waals surface area contributed by atoms with E-state index in [2.05, 4.69) is 20.1 Å². The highest BCUT2D eigenvalue weighted by Gasteiger charge is 2.09. The number of rotatable bonds is 9. The topological polar surface area (TPSA) is 38.7 Å². The van der Waals surface area contributed by atoms with Crippen LogP contribution in [0.4, 0.5) is 0 Å². The fourth-order valence-corrected chi connectivity index (χ4v) is 1.17. The molecule has 0 rings (SSSR count). The lowest BCUT2D eigenvalue weighted by Crippen LogP contribution is -2.17. The molecule has 0 saturated carbocycles. The zero-order chi connectivity index (χ0) is 12.6. The lowest BCUT2D eigenvalue weighted by molar-refractivity contribution is 0.0652. The molecule has 2 atom stereocenters. The molecule has 0 aromatic rings. The first-order chi connectivity index (χ1) is 7.41. The number of ether oxygens (including phenoxy) is 2. The van der Waals surface area contributed by atoms with Gasteiger partial charge in [-0.1, -0.05) is 20.1 Å². The highest BCUT2D eigenvalue weighted by molar-refractivity contribution is 6.19. The lowest BCUT2D eigenvalue weighted by atomic mass is 10.0. The van der Waals surface area contributed by atoms with Crippen LogP contribution in [0, 0.1) is 5.92 Å². The molecular weight excluding hydrogens is 203 g/mol.